The van der Waals surface area contributed by atoms with E-state index in [0.29, 0.717) is 6.79 Å². The summed E-state index contributed by atoms with van der Waals surface area (Å²) < 4.78 is 16.1. The van der Waals surface area contributed by atoms with Gasteiger partial charge in [-0.2, -0.15) is 0 Å². The van der Waals surface area contributed by atoms with Crippen molar-refractivity contribution in [1.82, 2.24) is 0 Å². The molecule has 2 aromatic rings. The number of fused-ring (bicyclic) bond motifs is 1. The second-order valence-corrected chi connectivity index (χ2v) is 4.68. The molecular weight excluding hydrogens is 254 g/mol. The van der Waals surface area contributed by atoms with Gasteiger partial charge < -0.3 is 19.5 Å². The molecule has 20 heavy (non-hydrogen) atoms. The van der Waals surface area contributed by atoms with Crippen molar-refractivity contribution in [2.45, 2.75) is 13.0 Å². The molecule has 0 aliphatic carbocycles. The van der Waals surface area contributed by atoms with Crippen LogP contribution in [-0.4, -0.2) is 13.9 Å². The van der Waals surface area contributed by atoms with Crippen molar-refractivity contribution in [3.05, 3.63) is 48.0 Å². The number of hydrogen-bond acceptors (Lipinski definition) is 4. The van der Waals surface area contributed by atoms with Gasteiger partial charge in [-0.25, -0.2) is 0 Å². The van der Waals surface area contributed by atoms with Crippen LogP contribution in [0.15, 0.2) is 42.5 Å². The molecule has 1 N–H and O–H groups in total. The van der Waals surface area contributed by atoms with Crippen molar-refractivity contribution in [2.75, 3.05) is 19.2 Å². The summed E-state index contributed by atoms with van der Waals surface area (Å²) in [5.74, 6) is 2.45. The summed E-state index contributed by atoms with van der Waals surface area (Å²) in [6.07, 6.45) is 0. The van der Waals surface area contributed by atoms with E-state index in [-0.39, 0.29) is 6.04 Å². The minimum Gasteiger partial charge on any atom is -0.496 e. The normalized spacial score (nSPS) is 13.9. The second-order valence-electron chi connectivity index (χ2n) is 4.68. The zero-order valence-corrected chi connectivity index (χ0v) is 11.6. The third-order valence-corrected chi connectivity index (χ3v) is 3.36. The van der Waals surface area contributed by atoms with Gasteiger partial charge in [-0.1, -0.05) is 18.2 Å². The quantitative estimate of drug-likeness (QED) is 0.922. The van der Waals surface area contributed by atoms with Gasteiger partial charge in [0.25, 0.3) is 0 Å². The van der Waals surface area contributed by atoms with Crippen LogP contribution in [0.4, 0.5) is 5.69 Å². The van der Waals surface area contributed by atoms with Crippen LogP contribution in [0.2, 0.25) is 0 Å². The molecule has 1 aliphatic heterocycles. The van der Waals surface area contributed by atoms with E-state index < -0.39 is 0 Å². The van der Waals surface area contributed by atoms with Gasteiger partial charge in [0.15, 0.2) is 11.5 Å². The first-order valence-corrected chi connectivity index (χ1v) is 6.57. The molecule has 0 radical (unpaired) electrons. The summed E-state index contributed by atoms with van der Waals surface area (Å²) in [5, 5.41) is 3.45. The molecule has 0 aromatic heterocycles. The van der Waals surface area contributed by atoms with Crippen molar-refractivity contribution >= 4 is 5.69 Å². The molecule has 1 heterocycles. The molecule has 0 saturated heterocycles. The fourth-order valence-electron chi connectivity index (χ4n) is 2.34. The Morgan fingerprint density at radius 3 is 2.75 bits per heavy atom. The Bertz CT molecular complexity index is 612. The fourth-order valence-corrected chi connectivity index (χ4v) is 2.34. The molecule has 0 spiro atoms. The van der Waals surface area contributed by atoms with Crippen LogP contribution in [0, 0.1) is 0 Å². The number of methoxy groups -OCH3 is 1. The predicted octanol–water partition coefficient (Wildman–Crippen LogP) is 3.60. The Labute approximate surface area is 118 Å². The molecule has 0 fully saturated rings. The van der Waals surface area contributed by atoms with Gasteiger partial charge in [0.1, 0.15) is 5.75 Å². The van der Waals surface area contributed by atoms with Crippen molar-refractivity contribution < 1.29 is 14.2 Å². The van der Waals surface area contributed by atoms with E-state index in [9.17, 15) is 0 Å². The lowest BCUT2D eigenvalue weighted by atomic mass is 10.1. The number of rotatable bonds is 4. The molecule has 2 aromatic carbocycles. The van der Waals surface area contributed by atoms with Gasteiger partial charge in [-0.3, -0.25) is 0 Å². The molecule has 1 aliphatic rings. The molecule has 0 amide bonds. The molecule has 1 unspecified atom stereocenters. The van der Waals surface area contributed by atoms with E-state index in [1.54, 1.807) is 7.11 Å². The average molecular weight is 271 g/mol. The van der Waals surface area contributed by atoms with E-state index in [0.717, 1.165) is 28.5 Å². The lowest BCUT2D eigenvalue weighted by Crippen LogP contribution is -2.08. The summed E-state index contributed by atoms with van der Waals surface area (Å²) in [5.41, 5.74) is 2.11. The highest BCUT2D eigenvalue weighted by atomic mass is 16.7. The van der Waals surface area contributed by atoms with E-state index in [1.807, 2.05) is 36.4 Å². The van der Waals surface area contributed by atoms with Crippen molar-refractivity contribution in [2.24, 2.45) is 0 Å². The highest BCUT2D eigenvalue weighted by Crippen LogP contribution is 2.35. The Morgan fingerprint density at radius 2 is 1.90 bits per heavy atom. The number of para-hydroxylation sites is 1. The summed E-state index contributed by atoms with van der Waals surface area (Å²) >= 11 is 0. The van der Waals surface area contributed by atoms with Crippen LogP contribution in [0.1, 0.15) is 18.5 Å². The highest BCUT2D eigenvalue weighted by molar-refractivity contribution is 5.57. The first kappa shape index (κ1) is 12.7. The Morgan fingerprint density at radius 1 is 1.10 bits per heavy atom. The van der Waals surface area contributed by atoms with Crippen LogP contribution < -0.4 is 19.5 Å². The van der Waals surface area contributed by atoms with E-state index >= 15 is 0 Å². The van der Waals surface area contributed by atoms with Gasteiger partial charge in [-0.05, 0) is 25.1 Å². The monoisotopic (exact) mass is 271 g/mol. The summed E-state index contributed by atoms with van der Waals surface area (Å²) in [7, 11) is 1.69. The first-order chi connectivity index (χ1) is 9.78. The molecule has 104 valence electrons. The summed E-state index contributed by atoms with van der Waals surface area (Å²) in [4.78, 5) is 0. The Balaban J connectivity index is 1.80. The standard InChI is InChI=1S/C16H17NO3/c1-11(13-5-3-4-6-14(13)18-2)17-12-7-8-15-16(9-12)20-10-19-15/h3-9,11,17H,10H2,1-2H3. The van der Waals surface area contributed by atoms with E-state index in [1.165, 1.54) is 0 Å². The zero-order chi connectivity index (χ0) is 13.9. The summed E-state index contributed by atoms with van der Waals surface area (Å²) in [6.45, 7) is 2.39. The van der Waals surface area contributed by atoms with Crippen molar-refractivity contribution in [3.63, 3.8) is 0 Å². The molecule has 4 nitrogen and oxygen atoms in total. The van der Waals surface area contributed by atoms with Crippen LogP contribution in [0.3, 0.4) is 0 Å². The third-order valence-electron chi connectivity index (χ3n) is 3.36. The van der Waals surface area contributed by atoms with Crippen LogP contribution >= 0.6 is 0 Å². The summed E-state index contributed by atoms with van der Waals surface area (Å²) in [6, 6.07) is 14.0. The predicted molar refractivity (Wildman–Crippen MR) is 77.6 cm³/mol. The smallest absolute Gasteiger partial charge is 0.231 e. The minimum absolute atomic E-state index is 0.131. The molecule has 3 rings (SSSR count). The number of hydrogen-bond donors (Lipinski definition) is 1. The number of anilines is 1. The molecule has 1 atom stereocenters. The maximum atomic E-state index is 5.39. The van der Waals surface area contributed by atoms with Crippen LogP contribution in [0.25, 0.3) is 0 Å². The molecule has 4 heteroatoms. The number of nitrogens with one attached hydrogen (secondary N) is 1. The first-order valence-electron chi connectivity index (χ1n) is 6.57. The van der Waals surface area contributed by atoms with E-state index in [4.69, 9.17) is 14.2 Å². The van der Waals surface area contributed by atoms with E-state index in [2.05, 4.69) is 18.3 Å². The van der Waals surface area contributed by atoms with Gasteiger partial charge in [0.05, 0.1) is 13.2 Å². The van der Waals surface area contributed by atoms with Gasteiger partial charge >= 0.3 is 0 Å². The average Bonchev–Trinajstić information content (AvgIpc) is 2.94. The topological polar surface area (TPSA) is 39.7 Å². The Hall–Kier alpha value is -2.36. The molecule has 0 saturated carbocycles. The van der Waals surface area contributed by atoms with Crippen LogP contribution in [0.5, 0.6) is 17.2 Å². The molecule has 0 bridgehead atoms. The lowest BCUT2D eigenvalue weighted by molar-refractivity contribution is 0.174. The van der Waals surface area contributed by atoms with Crippen molar-refractivity contribution in [3.8, 4) is 17.2 Å². The minimum atomic E-state index is 0.131. The largest absolute Gasteiger partial charge is 0.496 e. The third kappa shape index (κ3) is 2.37. The number of benzene rings is 2. The highest BCUT2D eigenvalue weighted by Gasteiger charge is 2.15. The second kappa shape index (κ2) is 5.33. The lowest BCUT2D eigenvalue weighted by Gasteiger charge is -2.18. The molecular formula is C16H17NO3. The van der Waals surface area contributed by atoms with Gasteiger partial charge in [0, 0.05) is 17.3 Å². The maximum Gasteiger partial charge on any atom is 0.231 e. The zero-order valence-electron chi connectivity index (χ0n) is 11.6. The van der Waals surface area contributed by atoms with Crippen LogP contribution in [-0.2, 0) is 0 Å². The van der Waals surface area contributed by atoms with Crippen molar-refractivity contribution in [1.29, 1.82) is 0 Å². The maximum absolute atomic E-state index is 5.39. The SMILES string of the molecule is COc1ccccc1C(C)Nc1ccc2c(c1)OCO2. The fraction of sp³-hybridized carbons (Fsp3) is 0.250. The Kier molecular flexibility index (Phi) is 3.37. The number of ether oxygens (including phenoxy) is 3. The van der Waals surface area contributed by atoms with Gasteiger partial charge in [0.2, 0.25) is 6.79 Å². The van der Waals surface area contributed by atoms with Gasteiger partial charge in [-0.15, -0.1) is 0 Å².